The SMILES string of the molecule is [CH2]C(=O)NCCCCN. The Kier molecular flexibility index (Phi) is 5.21. The molecule has 0 aliphatic carbocycles. The molecule has 0 atom stereocenters. The van der Waals surface area contributed by atoms with Crippen molar-refractivity contribution in [1.82, 2.24) is 5.32 Å². The number of carbonyl (C=O) groups is 1. The van der Waals surface area contributed by atoms with Gasteiger partial charge in [0.1, 0.15) is 0 Å². The molecule has 0 fully saturated rings. The molecule has 0 heterocycles. The summed E-state index contributed by atoms with van der Waals surface area (Å²) in [7, 11) is 0. The smallest absolute Gasteiger partial charge is 0.220 e. The summed E-state index contributed by atoms with van der Waals surface area (Å²) in [6.07, 6.45) is 1.90. The van der Waals surface area contributed by atoms with Crippen molar-refractivity contribution in [3.63, 3.8) is 0 Å². The lowest BCUT2D eigenvalue weighted by Crippen LogP contribution is -2.21. The van der Waals surface area contributed by atoms with Gasteiger partial charge in [0.15, 0.2) is 0 Å². The van der Waals surface area contributed by atoms with Crippen LogP contribution in [0.3, 0.4) is 0 Å². The van der Waals surface area contributed by atoms with E-state index in [-0.39, 0.29) is 5.91 Å². The van der Waals surface area contributed by atoms with Gasteiger partial charge in [-0.1, -0.05) is 0 Å². The van der Waals surface area contributed by atoms with E-state index in [9.17, 15) is 4.79 Å². The molecule has 3 nitrogen and oxygen atoms in total. The van der Waals surface area contributed by atoms with Crippen LogP contribution in [0.1, 0.15) is 12.8 Å². The Labute approximate surface area is 55.6 Å². The molecule has 0 unspecified atom stereocenters. The van der Waals surface area contributed by atoms with Crippen molar-refractivity contribution in [2.45, 2.75) is 12.8 Å². The predicted molar refractivity (Wildman–Crippen MR) is 36.7 cm³/mol. The van der Waals surface area contributed by atoms with Crippen LogP contribution in [0.5, 0.6) is 0 Å². The molecule has 0 saturated heterocycles. The van der Waals surface area contributed by atoms with Gasteiger partial charge in [-0.25, -0.2) is 0 Å². The van der Waals surface area contributed by atoms with Gasteiger partial charge in [0.25, 0.3) is 0 Å². The summed E-state index contributed by atoms with van der Waals surface area (Å²) in [5.41, 5.74) is 5.22. The summed E-state index contributed by atoms with van der Waals surface area (Å²) < 4.78 is 0. The molecule has 0 aliphatic rings. The van der Waals surface area contributed by atoms with Gasteiger partial charge < -0.3 is 11.1 Å². The first-order valence-corrected chi connectivity index (χ1v) is 3.07. The van der Waals surface area contributed by atoms with E-state index in [4.69, 9.17) is 5.73 Å². The molecule has 0 spiro atoms. The molecule has 0 aromatic heterocycles. The first kappa shape index (κ1) is 8.43. The second-order valence-electron chi connectivity index (χ2n) is 1.85. The highest BCUT2D eigenvalue weighted by Gasteiger charge is 1.88. The first-order chi connectivity index (χ1) is 4.27. The van der Waals surface area contributed by atoms with Crippen LogP contribution in [0.15, 0.2) is 0 Å². The summed E-state index contributed by atoms with van der Waals surface area (Å²) >= 11 is 0. The molecule has 0 bridgehead atoms. The molecule has 0 aliphatic heterocycles. The van der Waals surface area contributed by atoms with E-state index in [0.29, 0.717) is 13.1 Å². The Morgan fingerprint density at radius 1 is 1.56 bits per heavy atom. The highest BCUT2D eigenvalue weighted by Crippen LogP contribution is 1.80. The van der Waals surface area contributed by atoms with E-state index in [1.165, 1.54) is 0 Å². The van der Waals surface area contributed by atoms with Gasteiger partial charge in [-0.05, 0) is 19.4 Å². The predicted octanol–water partition coefficient (Wildman–Crippen LogP) is -0.324. The topological polar surface area (TPSA) is 55.1 Å². The standard InChI is InChI=1S/C6H13N2O/c1-6(9)8-5-3-2-4-7/h1-5,7H2,(H,8,9). The average molecular weight is 129 g/mol. The summed E-state index contributed by atoms with van der Waals surface area (Å²) in [5.74, 6) is -0.216. The monoisotopic (exact) mass is 129 g/mol. The quantitative estimate of drug-likeness (QED) is 0.511. The van der Waals surface area contributed by atoms with Crippen molar-refractivity contribution >= 4 is 5.91 Å². The van der Waals surface area contributed by atoms with Crippen molar-refractivity contribution in [3.8, 4) is 0 Å². The number of rotatable bonds is 4. The molecule has 53 valence electrons. The minimum atomic E-state index is -0.216. The van der Waals surface area contributed by atoms with E-state index in [2.05, 4.69) is 12.2 Å². The number of nitrogens with one attached hydrogen (secondary N) is 1. The van der Waals surface area contributed by atoms with E-state index in [1.54, 1.807) is 0 Å². The number of amides is 1. The van der Waals surface area contributed by atoms with Crippen molar-refractivity contribution in [2.75, 3.05) is 13.1 Å². The van der Waals surface area contributed by atoms with Crippen LogP contribution in [0.4, 0.5) is 0 Å². The molecular formula is C6H13N2O. The van der Waals surface area contributed by atoms with Crippen molar-refractivity contribution < 1.29 is 4.79 Å². The third-order valence-corrected chi connectivity index (χ3v) is 0.953. The van der Waals surface area contributed by atoms with Crippen LogP contribution in [-0.2, 0) is 4.79 Å². The van der Waals surface area contributed by atoms with Crippen molar-refractivity contribution in [2.24, 2.45) is 5.73 Å². The maximum atomic E-state index is 10.2. The van der Waals surface area contributed by atoms with E-state index >= 15 is 0 Å². The van der Waals surface area contributed by atoms with Crippen LogP contribution in [0, 0.1) is 6.92 Å². The molecule has 0 saturated carbocycles. The zero-order valence-electron chi connectivity index (χ0n) is 5.52. The molecule has 9 heavy (non-hydrogen) atoms. The lowest BCUT2D eigenvalue weighted by molar-refractivity contribution is -0.116. The highest BCUT2D eigenvalue weighted by molar-refractivity contribution is 5.79. The van der Waals surface area contributed by atoms with Crippen LogP contribution in [0.2, 0.25) is 0 Å². The van der Waals surface area contributed by atoms with Crippen LogP contribution >= 0.6 is 0 Å². The van der Waals surface area contributed by atoms with E-state index in [0.717, 1.165) is 12.8 Å². The zero-order valence-corrected chi connectivity index (χ0v) is 5.52. The van der Waals surface area contributed by atoms with Crippen LogP contribution < -0.4 is 11.1 Å². The van der Waals surface area contributed by atoms with Crippen molar-refractivity contribution in [3.05, 3.63) is 6.92 Å². The van der Waals surface area contributed by atoms with Gasteiger partial charge in [-0.15, -0.1) is 0 Å². The third-order valence-electron chi connectivity index (χ3n) is 0.953. The van der Waals surface area contributed by atoms with Gasteiger partial charge in [0.2, 0.25) is 5.91 Å². The third kappa shape index (κ3) is 7.43. The van der Waals surface area contributed by atoms with E-state index in [1.807, 2.05) is 0 Å². The van der Waals surface area contributed by atoms with Crippen LogP contribution in [-0.4, -0.2) is 19.0 Å². The lowest BCUT2D eigenvalue weighted by atomic mass is 10.3. The second-order valence-corrected chi connectivity index (χ2v) is 1.85. The number of hydrogen-bond donors (Lipinski definition) is 2. The zero-order chi connectivity index (χ0) is 7.11. The van der Waals surface area contributed by atoms with Crippen LogP contribution in [0.25, 0.3) is 0 Å². The van der Waals surface area contributed by atoms with Gasteiger partial charge in [0, 0.05) is 13.5 Å². The number of carbonyl (C=O) groups excluding carboxylic acids is 1. The number of hydrogen-bond acceptors (Lipinski definition) is 2. The number of nitrogens with two attached hydrogens (primary N) is 1. The summed E-state index contributed by atoms with van der Waals surface area (Å²) in [4.78, 5) is 10.2. The molecule has 1 radical (unpaired) electrons. The molecular weight excluding hydrogens is 116 g/mol. The number of unbranched alkanes of at least 4 members (excludes halogenated alkanes) is 1. The van der Waals surface area contributed by atoms with Gasteiger partial charge in [-0.2, -0.15) is 0 Å². The molecule has 0 rings (SSSR count). The second kappa shape index (κ2) is 5.56. The molecule has 3 N–H and O–H groups in total. The Morgan fingerprint density at radius 2 is 2.22 bits per heavy atom. The summed E-state index contributed by atoms with van der Waals surface area (Å²) in [6, 6.07) is 0. The Balaban J connectivity index is 2.83. The fourth-order valence-corrected chi connectivity index (χ4v) is 0.497. The Hall–Kier alpha value is -0.570. The van der Waals surface area contributed by atoms with Gasteiger partial charge >= 0.3 is 0 Å². The minimum Gasteiger partial charge on any atom is -0.356 e. The average Bonchev–Trinajstić information content (AvgIpc) is 1.80. The fourth-order valence-electron chi connectivity index (χ4n) is 0.497. The minimum absolute atomic E-state index is 0.216. The molecule has 0 aromatic carbocycles. The maximum absolute atomic E-state index is 10.2. The van der Waals surface area contributed by atoms with Gasteiger partial charge in [0.05, 0.1) is 0 Å². The molecule has 1 amide bonds. The first-order valence-electron chi connectivity index (χ1n) is 3.07. The molecule has 3 heteroatoms. The summed E-state index contributed by atoms with van der Waals surface area (Å²) in [5, 5.41) is 2.57. The summed E-state index contributed by atoms with van der Waals surface area (Å²) in [6.45, 7) is 4.54. The Morgan fingerprint density at radius 3 is 2.67 bits per heavy atom. The Bertz CT molecular complexity index is 83.1. The fraction of sp³-hybridized carbons (Fsp3) is 0.667. The van der Waals surface area contributed by atoms with E-state index < -0.39 is 0 Å². The maximum Gasteiger partial charge on any atom is 0.220 e. The molecule has 0 aromatic rings. The largest absolute Gasteiger partial charge is 0.356 e. The normalized spacial score (nSPS) is 9.11. The lowest BCUT2D eigenvalue weighted by Gasteiger charge is -1.98. The van der Waals surface area contributed by atoms with Gasteiger partial charge in [-0.3, -0.25) is 4.79 Å². The van der Waals surface area contributed by atoms with Crippen molar-refractivity contribution in [1.29, 1.82) is 0 Å². The highest BCUT2D eigenvalue weighted by atomic mass is 16.1.